The maximum atomic E-state index is 7.57. The molecule has 0 unspecified atom stereocenters. The minimum absolute atomic E-state index is 0. The van der Waals surface area contributed by atoms with Gasteiger partial charge in [0.05, 0.1) is 0 Å². The molecule has 4 heavy (non-hydrogen) atoms. The number of aliphatic hydroxyl groups excluding tert-OH is 1. The van der Waals surface area contributed by atoms with E-state index >= 15 is 0 Å². The second-order valence-corrected chi connectivity index (χ2v) is 0.316. The predicted molar refractivity (Wildman–Crippen MR) is 18.5 cm³/mol. The van der Waals surface area contributed by atoms with Gasteiger partial charge in [0.1, 0.15) is 0 Å². The van der Waals surface area contributed by atoms with Crippen LogP contribution in [0.5, 0.6) is 0 Å². The molecular formula is C2H6NaO. The van der Waals surface area contributed by atoms with E-state index < -0.39 is 0 Å². The first-order valence-electron chi connectivity index (χ1n) is 1.02. The van der Waals surface area contributed by atoms with Gasteiger partial charge in [-0.25, -0.2) is 0 Å². The number of rotatable bonds is 0. The monoisotopic (exact) mass is 69.0 g/mol. The summed E-state index contributed by atoms with van der Waals surface area (Å²) in [4.78, 5) is 0. The quantitative estimate of drug-likeness (QED) is 0.384. The van der Waals surface area contributed by atoms with Gasteiger partial charge in [-0.15, -0.1) is 0 Å². The minimum atomic E-state index is 0. The Kier molecular flexibility index (Phi) is 20.0. The van der Waals surface area contributed by atoms with Gasteiger partial charge in [0, 0.05) is 36.2 Å². The molecule has 0 aliphatic heterocycles. The molecular weight excluding hydrogens is 63.0 g/mol. The smallest absolute Gasteiger partial charge is 0.0402 e. The van der Waals surface area contributed by atoms with Crippen molar-refractivity contribution < 1.29 is 5.11 Å². The fraction of sp³-hybridized carbons (Fsp3) is 1.00. The number of aliphatic hydroxyl groups is 1. The summed E-state index contributed by atoms with van der Waals surface area (Å²) in [5.41, 5.74) is 0. The molecule has 0 saturated carbocycles. The van der Waals surface area contributed by atoms with Crippen molar-refractivity contribution in [2.75, 3.05) is 6.61 Å². The fourth-order valence-electron chi connectivity index (χ4n) is 0. The van der Waals surface area contributed by atoms with Crippen LogP contribution in [0.1, 0.15) is 6.92 Å². The van der Waals surface area contributed by atoms with E-state index in [0.717, 1.165) is 0 Å². The summed E-state index contributed by atoms with van der Waals surface area (Å²) in [6.07, 6.45) is 0. The van der Waals surface area contributed by atoms with Gasteiger partial charge in [0.15, 0.2) is 0 Å². The normalized spacial score (nSPS) is 4.50. The Morgan fingerprint density at radius 1 is 1.75 bits per heavy atom. The van der Waals surface area contributed by atoms with E-state index in [1.165, 1.54) is 0 Å². The van der Waals surface area contributed by atoms with Gasteiger partial charge in [-0.1, -0.05) is 0 Å². The van der Waals surface area contributed by atoms with Crippen molar-refractivity contribution in [3.05, 3.63) is 0 Å². The minimum Gasteiger partial charge on any atom is -0.397 e. The van der Waals surface area contributed by atoms with Crippen molar-refractivity contribution in [1.29, 1.82) is 0 Å². The van der Waals surface area contributed by atoms with E-state index in [4.69, 9.17) is 5.11 Å². The summed E-state index contributed by atoms with van der Waals surface area (Å²) in [6, 6.07) is 0. The van der Waals surface area contributed by atoms with E-state index in [9.17, 15) is 0 Å². The molecule has 0 aromatic rings. The number of hydrogen-bond acceptors (Lipinski definition) is 1. The second-order valence-electron chi connectivity index (χ2n) is 0.316. The van der Waals surface area contributed by atoms with E-state index in [1.54, 1.807) is 6.92 Å². The zero-order valence-corrected chi connectivity index (χ0v) is 5.15. The molecule has 0 bridgehead atoms. The van der Waals surface area contributed by atoms with Crippen molar-refractivity contribution in [3.8, 4) is 0 Å². The average molecular weight is 69.1 g/mol. The molecule has 0 spiro atoms. The van der Waals surface area contributed by atoms with Crippen LogP contribution in [0.4, 0.5) is 0 Å². The molecule has 21 valence electrons. The third-order valence-electron chi connectivity index (χ3n) is 0. The van der Waals surface area contributed by atoms with E-state index in [1.807, 2.05) is 0 Å². The molecule has 0 aliphatic carbocycles. The Balaban J connectivity index is 0. The summed E-state index contributed by atoms with van der Waals surface area (Å²) >= 11 is 0. The number of hydrogen-bond donors (Lipinski definition) is 1. The van der Waals surface area contributed by atoms with Gasteiger partial charge in [0.2, 0.25) is 0 Å². The van der Waals surface area contributed by atoms with Gasteiger partial charge < -0.3 is 5.11 Å². The molecule has 0 aromatic heterocycles. The van der Waals surface area contributed by atoms with E-state index in [2.05, 4.69) is 0 Å². The standard InChI is InChI=1S/C2H6O.Na/c1-2-3;/h3H,2H2,1H3;. The molecule has 0 saturated heterocycles. The zero-order valence-electron chi connectivity index (χ0n) is 3.15. The molecule has 0 amide bonds. The molecule has 0 heterocycles. The van der Waals surface area contributed by atoms with Crippen LogP contribution < -0.4 is 0 Å². The zero-order chi connectivity index (χ0) is 2.71. The van der Waals surface area contributed by atoms with Crippen molar-refractivity contribution >= 4 is 29.6 Å². The van der Waals surface area contributed by atoms with Gasteiger partial charge in [-0.05, 0) is 6.92 Å². The van der Waals surface area contributed by atoms with Gasteiger partial charge in [-0.3, -0.25) is 0 Å². The van der Waals surface area contributed by atoms with E-state index in [-0.39, 0.29) is 36.2 Å². The third-order valence-corrected chi connectivity index (χ3v) is 0. The maximum Gasteiger partial charge on any atom is 0.0402 e. The van der Waals surface area contributed by atoms with Crippen molar-refractivity contribution in [2.24, 2.45) is 0 Å². The summed E-state index contributed by atoms with van der Waals surface area (Å²) in [5, 5.41) is 7.57. The molecule has 1 N–H and O–H groups in total. The first-order chi connectivity index (χ1) is 1.41. The topological polar surface area (TPSA) is 20.2 Å². The van der Waals surface area contributed by atoms with Crippen LogP contribution in [0, 0.1) is 0 Å². The first-order valence-corrected chi connectivity index (χ1v) is 1.02. The molecule has 0 aliphatic rings. The van der Waals surface area contributed by atoms with Gasteiger partial charge >= 0.3 is 0 Å². The summed E-state index contributed by atoms with van der Waals surface area (Å²) in [7, 11) is 0. The summed E-state index contributed by atoms with van der Waals surface area (Å²) < 4.78 is 0. The molecule has 1 radical (unpaired) electrons. The SMILES string of the molecule is CCO.[Na]. The fourth-order valence-corrected chi connectivity index (χ4v) is 0. The molecule has 0 rings (SSSR count). The largest absolute Gasteiger partial charge is 0.397 e. The molecule has 1 nitrogen and oxygen atoms in total. The van der Waals surface area contributed by atoms with Crippen LogP contribution in [0.25, 0.3) is 0 Å². The maximum absolute atomic E-state index is 7.57. The van der Waals surface area contributed by atoms with Crippen molar-refractivity contribution in [2.45, 2.75) is 6.92 Å². The van der Waals surface area contributed by atoms with Gasteiger partial charge in [-0.2, -0.15) is 0 Å². The summed E-state index contributed by atoms with van der Waals surface area (Å²) in [6.45, 7) is 1.93. The molecule has 0 fully saturated rings. The Labute approximate surface area is 48.3 Å². The molecule has 0 atom stereocenters. The Bertz CT molecular complexity index is 6.00. The molecule has 0 aromatic carbocycles. The van der Waals surface area contributed by atoms with Gasteiger partial charge in [0.25, 0.3) is 0 Å². The van der Waals surface area contributed by atoms with Crippen molar-refractivity contribution in [3.63, 3.8) is 0 Å². The molecule has 2 heteroatoms. The average Bonchev–Trinajstić information content (AvgIpc) is 0.918. The van der Waals surface area contributed by atoms with Crippen LogP contribution in [0.15, 0.2) is 0 Å². The van der Waals surface area contributed by atoms with Crippen LogP contribution in [0.2, 0.25) is 0 Å². The third kappa shape index (κ3) is 12.3. The van der Waals surface area contributed by atoms with Crippen molar-refractivity contribution in [1.82, 2.24) is 0 Å². The first kappa shape index (κ1) is 8.88. The predicted octanol–water partition coefficient (Wildman–Crippen LogP) is -0.382. The van der Waals surface area contributed by atoms with Crippen LogP contribution in [-0.4, -0.2) is 41.3 Å². The van der Waals surface area contributed by atoms with Crippen LogP contribution in [-0.2, 0) is 0 Å². The van der Waals surface area contributed by atoms with Crippen LogP contribution in [0.3, 0.4) is 0 Å². The second kappa shape index (κ2) is 9.03. The van der Waals surface area contributed by atoms with E-state index in [0.29, 0.717) is 0 Å². The summed E-state index contributed by atoms with van der Waals surface area (Å²) in [5.74, 6) is 0. The Morgan fingerprint density at radius 3 is 1.75 bits per heavy atom. The van der Waals surface area contributed by atoms with Crippen LogP contribution >= 0.6 is 0 Å². The Hall–Kier alpha value is 0.960. The Morgan fingerprint density at radius 2 is 1.75 bits per heavy atom.